The van der Waals surface area contributed by atoms with Crippen molar-refractivity contribution < 1.29 is 19.4 Å². The molecule has 0 aliphatic heterocycles. The number of hydrogen-bond acceptors (Lipinski definition) is 3. The predicted octanol–water partition coefficient (Wildman–Crippen LogP) is 7.15. The van der Waals surface area contributed by atoms with E-state index in [1.54, 1.807) is 0 Å². The molecule has 0 heterocycles. The van der Waals surface area contributed by atoms with Gasteiger partial charge in [0.05, 0.1) is 11.8 Å². The van der Waals surface area contributed by atoms with Crippen LogP contribution < -0.4 is 0 Å². The van der Waals surface area contributed by atoms with E-state index < -0.39 is 17.8 Å². The molecule has 1 rings (SSSR count). The molecule has 29 heavy (non-hydrogen) atoms. The first-order chi connectivity index (χ1) is 14.0. The van der Waals surface area contributed by atoms with Crippen molar-refractivity contribution in [2.75, 3.05) is 0 Å². The van der Waals surface area contributed by atoms with Gasteiger partial charge in [-0.3, -0.25) is 9.59 Å². The van der Waals surface area contributed by atoms with Gasteiger partial charge in [-0.05, 0) is 44.4 Å². The number of carbonyl (C=O) groups is 2. The molecule has 1 saturated carbocycles. The standard InChI is InChI=1S/C25H46O4/c1-4-7-9-10-11-12-13-19-23(20(6-3)16-8-5-2)29-25(28)22-18-15-14-17-21(22)24(26)27/h20-23H,4-19H2,1-3H3,(H,26,27). The minimum Gasteiger partial charge on any atom is -0.481 e. The molecule has 0 aromatic carbocycles. The molecule has 170 valence electrons. The Bertz CT molecular complexity index is 448. The highest BCUT2D eigenvalue weighted by Gasteiger charge is 2.38. The van der Waals surface area contributed by atoms with Crippen molar-refractivity contribution in [3.8, 4) is 0 Å². The van der Waals surface area contributed by atoms with Crippen LogP contribution in [0.15, 0.2) is 0 Å². The second-order valence-electron chi connectivity index (χ2n) is 9.03. The summed E-state index contributed by atoms with van der Waals surface area (Å²) in [6.07, 6.45) is 17.1. The smallest absolute Gasteiger partial charge is 0.310 e. The van der Waals surface area contributed by atoms with Gasteiger partial charge in [-0.1, -0.05) is 85.0 Å². The molecule has 4 nitrogen and oxygen atoms in total. The van der Waals surface area contributed by atoms with Gasteiger partial charge in [0, 0.05) is 0 Å². The number of ether oxygens (including phenoxy) is 1. The van der Waals surface area contributed by atoms with Crippen molar-refractivity contribution in [3.63, 3.8) is 0 Å². The predicted molar refractivity (Wildman–Crippen MR) is 119 cm³/mol. The maximum atomic E-state index is 12.9. The Hall–Kier alpha value is -1.06. The van der Waals surface area contributed by atoms with E-state index in [-0.39, 0.29) is 12.1 Å². The SMILES string of the molecule is CCCCCCCCCC(OC(=O)C1CCCCC1C(=O)O)C(CC)CCCC. The Labute approximate surface area is 179 Å². The summed E-state index contributed by atoms with van der Waals surface area (Å²) in [4.78, 5) is 24.5. The van der Waals surface area contributed by atoms with Crippen molar-refractivity contribution >= 4 is 11.9 Å². The summed E-state index contributed by atoms with van der Waals surface area (Å²) >= 11 is 0. The highest BCUT2D eigenvalue weighted by molar-refractivity contribution is 5.81. The molecule has 0 spiro atoms. The van der Waals surface area contributed by atoms with Crippen molar-refractivity contribution in [1.29, 1.82) is 0 Å². The fourth-order valence-electron chi connectivity index (χ4n) is 4.76. The van der Waals surface area contributed by atoms with Crippen LogP contribution in [0.25, 0.3) is 0 Å². The number of carboxylic acid groups (broad SMARTS) is 1. The number of aliphatic carboxylic acids is 1. The molecule has 1 aliphatic carbocycles. The van der Waals surface area contributed by atoms with E-state index in [9.17, 15) is 14.7 Å². The van der Waals surface area contributed by atoms with Gasteiger partial charge in [0.1, 0.15) is 6.10 Å². The number of unbranched alkanes of at least 4 members (excludes halogenated alkanes) is 7. The number of carbonyl (C=O) groups excluding carboxylic acids is 1. The molecule has 4 atom stereocenters. The second kappa shape index (κ2) is 15.7. The van der Waals surface area contributed by atoms with E-state index in [0.717, 1.165) is 51.4 Å². The Kier molecular flexibility index (Phi) is 14.1. The topological polar surface area (TPSA) is 63.6 Å². The zero-order valence-electron chi connectivity index (χ0n) is 19.3. The highest BCUT2D eigenvalue weighted by Crippen LogP contribution is 2.33. The van der Waals surface area contributed by atoms with E-state index in [0.29, 0.717) is 18.8 Å². The summed E-state index contributed by atoms with van der Waals surface area (Å²) in [7, 11) is 0. The van der Waals surface area contributed by atoms with Crippen LogP contribution in [0.2, 0.25) is 0 Å². The molecule has 4 unspecified atom stereocenters. The van der Waals surface area contributed by atoms with E-state index in [1.807, 2.05) is 0 Å². The minimum absolute atomic E-state index is 0.0499. The fraction of sp³-hybridized carbons (Fsp3) is 0.920. The first-order valence-corrected chi connectivity index (χ1v) is 12.5. The molecular weight excluding hydrogens is 364 g/mol. The second-order valence-corrected chi connectivity index (χ2v) is 9.03. The Balaban J connectivity index is 2.63. The third-order valence-electron chi connectivity index (χ3n) is 6.72. The average Bonchev–Trinajstić information content (AvgIpc) is 2.73. The molecule has 0 bridgehead atoms. The van der Waals surface area contributed by atoms with Crippen LogP contribution in [0.3, 0.4) is 0 Å². The monoisotopic (exact) mass is 410 g/mol. The molecule has 0 aromatic heterocycles. The van der Waals surface area contributed by atoms with Gasteiger partial charge in [0.25, 0.3) is 0 Å². The third kappa shape index (κ3) is 10.00. The molecule has 0 amide bonds. The summed E-state index contributed by atoms with van der Waals surface area (Å²) in [5.41, 5.74) is 0. The average molecular weight is 411 g/mol. The van der Waals surface area contributed by atoms with Gasteiger partial charge in [-0.15, -0.1) is 0 Å². The molecule has 1 N–H and O–H groups in total. The lowest BCUT2D eigenvalue weighted by molar-refractivity contribution is -0.166. The fourth-order valence-corrected chi connectivity index (χ4v) is 4.76. The number of esters is 1. The maximum absolute atomic E-state index is 12.9. The van der Waals surface area contributed by atoms with Gasteiger partial charge in [0.2, 0.25) is 0 Å². The van der Waals surface area contributed by atoms with E-state index >= 15 is 0 Å². The first kappa shape index (κ1) is 26.0. The summed E-state index contributed by atoms with van der Waals surface area (Å²) < 4.78 is 6.06. The lowest BCUT2D eigenvalue weighted by atomic mass is 9.79. The van der Waals surface area contributed by atoms with Crippen LogP contribution in [0.4, 0.5) is 0 Å². The molecule has 0 saturated heterocycles. The van der Waals surface area contributed by atoms with E-state index in [4.69, 9.17) is 4.74 Å². The molecule has 1 aliphatic rings. The summed E-state index contributed by atoms with van der Waals surface area (Å²) in [5, 5.41) is 9.52. The van der Waals surface area contributed by atoms with Crippen LogP contribution in [0.5, 0.6) is 0 Å². The largest absolute Gasteiger partial charge is 0.481 e. The van der Waals surface area contributed by atoms with E-state index in [1.165, 1.54) is 38.5 Å². The number of rotatable bonds is 16. The molecular formula is C25H46O4. The third-order valence-corrected chi connectivity index (χ3v) is 6.72. The van der Waals surface area contributed by atoms with Crippen LogP contribution in [-0.2, 0) is 14.3 Å². The molecule has 1 fully saturated rings. The van der Waals surface area contributed by atoms with Crippen LogP contribution in [-0.4, -0.2) is 23.1 Å². The summed E-state index contributed by atoms with van der Waals surface area (Å²) in [6.45, 7) is 6.62. The Morgan fingerprint density at radius 2 is 1.41 bits per heavy atom. The van der Waals surface area contributed by atoms with Crippen molar-refractivity contribution in [3.05, 3.63) is 0 Å². The number of carboxylic acids is 1. The quantitative estimate of drug-likeness (QED) is 0.217. The first-order valence-electron chi connectivity index (χ1n) is 12.5. The van der Waals surface area contributed by atoms with Crippen molar-refractivity contribution in [1.82, 2.24) is 0 Å². The minimum atomic E-state index is -0.840. The molecule has 0 aromatic rings. The van der Waals surface area contributed by atoms with Gasteiger partial charge in [-0.2, -0.15) is 0 Å². The molecule has 4 heteroatoms. The zero-order valence-corrected chi connectivity index (χ0v) is 19.3. The summed E-state index contributed by atoms with van der Waals surface area (Å²) in [5.74, 6) is -1.72. The van der Waals surface area contributed by atoms with Crippen molar-refractivity contribution in [2.24, 2.45) is 17.8 Å². The zero-order chi connectivity index (χ0) is 21.5. The lowest BCUT2D eigenvalue weighted by Gasteiger charge is -2.31. The summed E-state index contributed by atoms with van der Waals surface area (Å²) in [6, 6.07) is 0. The van der Waals surface area contributed by atoms with Crippen LogP contribution in [0, 0.1) is 17.8 Å². The Morgan fingerprint density at radius 1 is 0.828 bits per heavy atom. The van der Waals surface area contributed by atoms with E-state index in [2.05, 4.69) is 20.8 Å². The number of hydrogen-bond donors (Lipinski definition) is 1. The van der Waals surface area contributed by atoms with Gasteiger partial charge >= 0.3 is 11.9 Å². The van der Waals surface area contributed by atoms with Crippen LogP contribution in [0.1, 0.15) is 124 Å². The normalized spacial score (nSPS) is 21.5. The van der Waals surface area contributed by atoms with Gasteiger partial charge in [-0.25, -0.2) is 0 Å². The van der Waals surface area contributed by atoms with Gasteiger partial charge < -0.3 is 9.84 Å². The maximum Gasteiger partial charge on any atom is 0.310 e. The van der Waals surface area contributed by atoms with Crippen molar-refractivity contribution in [2.45, 2.75) is 130 Å². The van der Waals surface area contributed by atoms with Gasteiger partial charge in [0.15, 0.2) is 0 Å². The Morgan fingerprint density at radius 3 is 2.00 bits per heavy atom. The highest BCUT2D eigenvalue weighted by atomic mass is 16.5. The van der Waals surface area contributed by atoms with Crippen LogP contribution >= 0.6 is 0 Å². The molecule has 0 radical (unpaired) electrons. The lowest BCUT2D eigenvalue weighted by Crippen LogP contribution is -2.37.